The van der Waals surface area contributed by atoms with Gasteiger partial charge in [-0.15, -0.1) is 0 Å². The minimum atomic E-state index is -3.56. The Labute approximate surface area is 111 Å². The van der Waals surface area contributed by atoms with Crippen LogP contribution < -0.4 is 10.5 Å². The van der Waals surface area contributed by atoms with E-state index in [1.807, 2.05) is 0 Å². The van der Waals surface area contributed by atoms with Crippen LogP contribution in [0, 0.1) is 0 Å². The standard InChI is InChI=1S/C9H20N2O7S/c1-17-9-8(14)7(13)6(12)5(18-9)4-11-19(15,16)3-2-10/h5-9,11-14H,2-4,10H2,1H3/t5-,6-,7+,8-,9+/m1/s1. The highest BCUT2D eigenvalue weighted by atomic mass is 32.2. The molecule has 0 radical (unpaired) electrons. The van der Waals surface area contributed by atoms with Crippen LogP contribution in [0.5, 0.6) is 0 Å². The molecular weight excluding hydrogens is 280 g/mol. The first-order valence-corrected chi connectivity index (χ1v) is 7.37. The van der Waals surface area contributed by atoms with Gasteiger partial charge in [0.05, 0.1) is 5.75 Å². The van der Waals surface area contributed by atoms with Crippen molar-refractivity contribution in [3.05, 3.63) is 0 Å². The van der Waals surface area contributed by atoms with Crippen LogP contribution in [0.25, 0.3) is 0 Å². The lowest BCUT2D eigenvalue weighted by Gasteiger charge is -2.39. The predicted molar refractivity (Wildman–Crippen MR) is 64.5 cm³/mol. The maximum absolute atomic E-state index is 11.4. The second-order valence-corrected chi connectivity index (χ2v) is 6.13. The molecule has 0 amide bonds. The van der Waals surface area contributed by atoms with E-state index in [-0.39, 0.29) is 18.8 Å². The highest BCUT2D eigenvalue weighted by Gasteiger charge is 2.43. The lowest BCUT2D eigenvalue weighted by atomic mass is 9.99. The van der Waals surface area contributed by atoms with Crippen LogP contribution >= 0.6 is 0 Å². The molecule has 1 aliphatic rings. The summed E-state index contributed by atoms with van der Waals surface area (Å²) in [7, 11) is -2.30. The Kier molecular flexibility index (Phi) is 6.08. The Morgan fingerprint density at radius 2 is 1.89 bits per heavy atom. The van der Waals surface area contributed by atoms with Gasteiger partial charge in [0.15, 0.2) is 6.29 Å². The van der Waals surface area contributed by atoms with Crippen LogP contribution in [0.1, 0.15) is 0 Å². The molecule has 0 aromatic carbocycles. The number of aliphatic hydroxyl groups is 3. The molecule has 114 valence electrons. The maximum Gasteiger partial charge on any atom is 0.212 e. The number of hydrogen-bond donors (Lipinski definition) is 5. The number of sulfonamides is 1. The van der Waals surface area contributed by atoms with Gasteiger partial charge in [-0.2, -0.15) is 0 Å². The van der Waals surface area contributed by atoms with Crippen LogP contribution in [0.4, 0.5) is 0 Å². The topological polar surface area (TPSA) is 151 Å². The first-order valence-electron chi connectivity index (χ1n) is 5.72. The fourth-order valence-electron chi connectivity index (χ4n) is 1.72. The number of nitrogens with two attached hydrogens (primary N) is 1. The summed E-state index contributed by atoms with van der Waals surface area (Å²) in [6.07, 6.45) is -6.49. The number of methoxy groups -OCH3 is 1. The van der Waals surface area contributed by atoms with Gasteiger partial charge >= 0.3 is 0 Å². The Balaban J connectivity index is 2.62. The summed E-state index contributed by atoms with van der Waals surface area (Å²) in [6, 6.07) is 0. The summed E-state index contributed by atoms with van der Waals surface area (Å²) < 4.78 is 35.0. The van der Waals surface area contributed by atoms with E-state index >= 15 is 0 Å². The Hall–Kier alpha value is -0.330. The molecule has 0 unspecified atom stereocenters. The minimum Gasteiger partial charge on any atom is -0.388 e. The summed E-state index contributed by atoms with van der Waals surface area (Å²) in [5.41, 5.74) is 5.14. The van der Waals surface area contributed by atoms with E-state index in [9.17, 15) is 23.7 Å². The second kappa shape index (κ2) is 6.90. The van der Waals surface area contributed by atoms with Crippen molar-refractivity contribution in [2.45, 2.75) is 30.7 Å². The summed E-state index contributed by atoms with van der Waals surface area (Å²) >= 11 is 0. The third kappa shape index (κ3) is 4.33. The van der Waals surface area contributed by atoms with E-state index < -0.39 is 40.7 Å². The Bertz CT molecular complexity index is 375. The minimum absolute atomic E-state index is 0.0363. The zero-order valence-electron chi connectivity index (χ0n) is 10.5. The van der Waals surface area contributed by atoms with Crippen molar-refractivity contribution >= 4 is 10.0 Å². The van der Waals surface area contributed by atoms with E-state index in [1.54, 1.807) is 0 Å². The number of aliphatic hydroxyl groups excluding tert-OH is 3. The van der Waals surface area contributed by atoms with Gasteiger partial charge in [-0.3, -0.25) is 0 Å². The van der Waals surface area contributed by atoms with Gasteiger partial charge in [0, 0.05) is 20.2 Å². The molecule has 0 bridgehead atoms. The average molecular weight is 300 g/mol. The zero-order valence-corrected chi connectivity index (χ0v) is 11.3. The van der Waals surface area contributed by atoms with Gasteiger partial charge < -0.3 is 30.5 Å². The molecule has 0 aromatic heterocycles. The monoisotopic (exact) mass is 300 g/mol. The van der Waals surface area contributed by atoms with Gasteiger partial charge in [0.1, 0.15) is 24.4 Å². The molecule has 0 aromatic rings. The molecule has 0 saturated carbocycles. The fourth-order valence-corrected chi connectivity index (χ4v) is 2.59. The van der Waals surface area contributed by atoms with Gasteiger partial charge in [0.25, 0.3) is 0 Å². The summed E-state index contributed by atoms with van der Waals surface area (Å²) in [4.78, 5) is 0. The van der Waals surface area contributed by atoms with Crippen molar-refractivity contribution < 1.29 is 33.2 Å². The lowest BCUT2D eigenvalue weighted by molar-refractivity contribution is -0.287. The Morgan fingerprint density at radius 1 is 1.26 bits per heavy atom. The lowest BCUT2D eigenvalue weighted by Crippen LogP contribution is -2.60. The molecular formula is C9H20N2O7S. The van der Waals surface area contributed by atoms with Crippen molar-refractivity contribution in [3.63, 3.8) is 0 Å². The molecule has 6 N–H and O–H groups in total. The molecule has 0 spiro atoms. The molecule has 5 atom stereocenters. The van der Waals surface area contributed by atoms with Crippen LogP contribution in [-0.4, -0.2) is 80.4 Å². The van der Waals surface area contributed by atoms with Crippen LogP contribution in [-0.2, 0) is 19.5 Å². The van der Waals surface area contributed by atoms with Crippen LogP contribution in [0.3, 0.4) is 0 Å². The van der Waals surface area contributed by atoms with Gasteiger partial charge in [-0.1, -0.05) is 0 Å². The molecule has 1 heterocycles. The van der Waals surface area contributed by atoms with Gasteiger partial charge in [0.2, 0.25) is 10.0 Å². The van der Waals surface area contributed by atoms with Crippen LogP contribution in [0.15, 0.2) is 0 Å². The van der Waals surface area contributed by atoms with Crippen molar-refractivity contribution in [1.29, 1.82) is 0 Å². The summed E-state index contributed by atoms with van der Waals surface area (Å²) in [5, 5.41) is 28.8. The number of nitrogens with one attached hydrogen (secondary N) is 1. The van der Waals surface area contributed by atoms with E-state index in [1.165, 1.54) is 7.11 Å². The summed E-state index contributed by atoms with van der Waals surface area (Å²) in [6.45, 7) is -0.293. The number of rotatable bonds is 6. The van der Waals surface area contributed by atoms with Crippen molar-refractivity contribution in [1.82, 2.24) is 4.72 Å². The van der Waals surface area contributed by atoms with Gasteiger partial charge in [-0.05, 0) is 0 Å². The maximum atomic E-state index is 11.4. The highest BCUT2D eigenvalue weighted by Crippen LogP contribution is 2.21. The molecule has 9 nitrogen and oxygen atoms in total. The highest BCUT2D eigenvalue weighted by molar-refractivity contribution is 7.89. The van der Waals surface area contributed by atoms with E-state index in [0.29, 0.717) is 0 Å². The fraction of sp³-hybridized carbons (Fsp3) is 1.00. The number of hydrogen-bond acceptors (Lipinski definition) is 8. The molecule has 1 rings (SSSR count). The second-order valence-electron chi connectivity index (χ2n) is 4.21. The quantitative estimate of drug-likeness (QED) is 0.336. The smallest absolute Gasteiger partial charge is 0.212 e. The van der Waals surface area contributed by atoms with Crippen molar-refractivity contribution in [2.24, 2.45) is 5.73 Å². The Morgan fingerprint density at radius 3 is 2.42 bits per heavy atom. The zero-order chi connectivity index (χ0) is 14.6. The average Bonchev–Trinajstić information content (AvgIpc) is 2.35. The van der Waals surface area contributed by atoms with E-state index in [2.05, 4.69) is 4.72 Å². The van der Waals surface area contributed by atoms with Crippen molar-refractivity contribution in [3.8, 4) is 0 Å². The van der Waals surface area contributed by atoms with Crippen molar-refractivity contribution in [2.75, 3.05) is 26.0 Å². The summed E-state index contributed by atoms with van der Waals surface area (Å²) in [5.74, 6) is -0.255. The normalized spacial score (nSPS) is 36.4. The molecule has 1 fully saturated rings. The van der Waals surface area contributed by atoms with Crippen LogP contribution in [0.2, 0.25) is 0 Å². The molecule has 0 aliphatic carbocycles. The van der Waals surface area contributed by atoms with Gasteiger partial charge in [-0.25, -0.2) is 13.1 Å². The first kappa shape index (κ1) is 16.7. The molecule has 1 saturated heterocycles. The molecule has 19 heavy (non-hydrogen) atoms. The van der Waals surface area contributed by atoms with E-state index in [4.69, 9.17) is 15.2 Å². The molecule has 1 aliphatic heterocycles. The third-order valence-corrected chi connectivity index (χ3v) is 4.17. The largest absolute Gasteiger partial charge is 0.388 e. The predicted octanol–water partition coefficient (Wildman–Crippen LogP) is -3.68. The first-order chi connectivity index (χ1) is 8.82. The number of ether oxygens (including phenoxy) is 2. The van der Waals surface area contributed by atoms with E-state index in [0.717, 1.165) is 0 Å². The SMILES string of the molecule is CO[C@H]1O[C@H](CNS(=O)(=O)CCN)[C@@H](O)[C@H](O)[C@H]1O. The third-order valence-electron chi connectivity index (χ3n) is 2.79. The molecule has 10 heteroatoms.